The Hall–Kier alpha value is -3.63. The first-order valence-corrected chi connectivity index (χ1v) is 13.4. The zero-order valence-corrected chi connectivity index (χ0v) is 23.6. The fourth-order valence-corrected chi connectivity index (χ4v) is 5.05. The van der Waals surface area contributed by atoms with Gasteiger partial charge in [0.2, 0.25) is 0 Å². The van der Waals surface area contributed by atoms with E-state index in [-0.39, 0.29) is 42.0 Å². The molecule has 2 N–H and O–H groups in total. The molecule has 3 aromatic rings. The zero-order valence-electron chi connectivity index (χ0n) is 23.6. The number of aliphatic hydroxyl groups is 1. The summed E-state index contributed by atoms with van der Waals surface area (Å²) in [5, 5.41) is 13.8. The third-order valence-electron chi connectivity index (χ3n) is 7.11. The number of piperidine rings is 1. The molecule has 0 bridgehead atoms. The van der Waals surface area contributed by atoms with Crippen molar-refractivity contribution in [2.45, 2.75) is 51.3 Å². The molecule has 0 aromatic heterocycles. The van der Waals surface area contributed by atoms with Crippen molar-refractivity contribution in [2.75, 3.05) is 32.2 Å². The highest BCUT2D eigenvalue weighted by atomic mass is 19.3. The minimum Gasteiger partial charge on any atom is -0.494 e. The summed E-state index contributed by atoms with van der Waals surface area (Å²) in [5.74, 6) is -2.52. The lowest BCUT2D eigenvalue weighted by Gasteiger charge is -2.47. The molecule has 10 heteroatoms. The molecule has 2 unspecified atom stereocenters. The molecule has 4 rings (SSSR count). The number of esters is 1. The van der Waals surface area contributed by atoms with E-state index >= 15 is 0 Å². The predicted molar refractivity (Wildman–Crippen MR) is 151 cm³/mol. The number of nitrogens with one attached hydrogen (secondary N) is 1. The number of benzene rings is 3. The number of ether oxygens (including phenoxy) is 2. The Bertz CT molecular complexity index is 1310. The first-order valence-electron chi connectivity index (χ1n) is 13.4. The molecule has 0 amide bonds. The fourth-order valence-electron chi connectivity index (χ4n) is 5.05. The summed E-state index contributed by atoms with van der Waals surface area (Å²) in [4.78, 5) is 14.5. The maximum Gasteiger partial charge on any atom is 0.339 e. The Labute approximate surface area is 237 Å². The second kappa shape index (κ2) is 14.3. The minimum atomic E-state index is -3.00. The predicted octanol–water partition coefficient (Wildman–Crippen LogP) is 6.21. The topological polar surface area (TPSA) is 71.0 Å². The van der Waals surface area contributed by atoms with Crippen LogP contribution < -0.4 is 15.0 Å². The number of halogens is 4. The smallest absolute Gasteiger partial charge is 0.339 e. The number of methoxy groups -OCH3 is 2. The number of carbonyl (C=O) groups is 1. The van der Waals surface area contributed by atoms with E-state index in [1.165, 1.54) is 26.4 Å². The van der Waals surface area contributed by atoms with E-state index in [4.69, 9.17) is 9.47 Å². The molecule has 6 nitrogen and oxygen atoms in total. The van der Waals surface area contributed by atoms with Gasteiger partial charge in [-0.25, -0.2) is 22.4 Å². The number of aliphatic hydroxyl groups excluding tert-OH is 1. The van der Waals surface area contributed by atoms with Crippen molar-refractivity contribution < 1.29 is 36.9 Å². The summed E-state index contributed by atoms with van der Waals surface area (Å²) in [6.07, 6.45) is -4.24. The van der Waals surface area contributed by atoms with Gasteiger partial charge in [0.05, 0.1) is 31.0 Å². The van der Waals surface area contributed by atoms with Crippen LogP contribution in [-0.2, 0) is 11.3 Å². The molecule has 222 valence electrons. The Kier molecular flexibility index (Phi) is 11.1. The fraction of sp³-hybridized carbons (Fsp3) is 0.387. The lowest BCUT2D eigenvalue weighted by molar-refractivity contribution is -0.0657. The van der Waals surface area contributed by atoms with Crippen molar-refractivity contribution >= 4 is 11.7 Å². The molecule has 2 atom stereocenters. The van der Waals surface area contributed by atoms with Crippen LogP contribution in [0.25, 0.3) is 11.1 Å². The average Bonchev–Trinajstić information content (AvgIpc) is 3.01. The molecule has 1 fully saturated rings. The Balaban J connectivity index is 0.00000226. The molecule has 0 radical (unpaired) electrons. The SMILES string of the molecule is CC.COC(=O)c1cc(-c2cc(F)c(OC)cc2F)ccc1N1CCCC(NCc2ccccc2)(C(O)C(F)F)C1. The maximum atomic E-state index is 14.8. The molecule has 1 heterocycles. The van der Waals surface area contributed by atoms with E-state index in [0.717, 1.165) is 17.7 Å². The summed E-state index contributed by atoms with van der Waals surface area (Å²) in [6, 6.07) is 15.6. The second-order valence-electron chi connectivity index (χ2n) is 9.49. The zero-order chi connectivity index (χ0) is 30.2. The van der Waals surface area contributed by atoms with Crippen LogP contribution in [0.3, 0.4) is 0 Å². The lowest BCUT2D eigenvalue weighted by Crippen LogP contribution is -2.65. The summed E-state index contributed by atoms with van der Waals surface area (Å²) in [5.41, 5.74) is 0.0401. The van der Waals surface area contributed by atoms with Gasteiger partial charge in [0, 0.05) is 31.3 Å². The maximum absolute atomic E-state index is 14.8. The van der Waals surface area contributed by atoms with Crippen LogP contribution in [0.15, 0.2) is 60.7 Å². The van der Waals surface area contributed by atoms with E-state index < -0.39 is 35.7 Å². The molecular weight excluding hydrogens is 540 g/mol. The number of carbonyl (C=O) groups excluding carboxylic acids is 1. The van der Waals surface area contributed by atoms with Crippen LogP contribution >= 0.6 is 0 Å². The van der Waals surface area contributed by atoms with Crippen LogP contribution in [0.1, 0.15) is 42.6 Å². The van der Waals surface area contributed by atoms with Crippen LogP contribution in [-0.4, -0.2) is 56.5 Å². The van der Waals surface area contributed by atoms with Gasteiger partial charge in [-0.15, -0.1) is 0 Å². The number of hydrogen-bond acceptors (Lipinski definition) is 6. The van der Waals surface area contributed by atoms with E-state index in [0.29, 0.717) is 18.7 Å². The first kappa shape index (κ1) is 31.9. The summed E-state index contributed by atoms with van der Waals surface area (Å²) < 4.78 is 66.7. The highest BCUT2D eigenvalue weighted by Crippen LogP contribution is 2.36. The van der Waals surface area contributed by atoms with Gasteiger partial charge in [-0.1, -0.05) is 50.2 Å². The van der Waals surface area contributed by atoms with Crippen molar-refractivity contribution in [3.63, 3.8) is 0 Å². The standard InChI is InChI=1S/C29H30F4N2O4.C2H6/c1-38-25-15-22(30)20(14-23(25)31)19-9-10-24(21(13-19)28(37)39-2)35-12-6-11-29(17-35,26(36)27(32)33)34-16-18-7-4-3-5-8-18;1-2/h3-5,7-10,13-15,26-27,34,36H,6,11-12,16-17H2,1-2H3;1-2H3. The molecule has 41 heavy (non-hydrogen) atoms. The van der Waals surface area contributed by atoms with Gasteiger partial charge in [0.1, 0.15) is 11.9 Å². The molecule has 1 aliphatic heterocycles. The number of alkyl halides is 2. The molecule has 3 aromatic carbocycles. The molecular formula is C31H36F4N2O4. The van der Waals surface area contributed by atoms with Crippen molar-refractivity contribution in [1.29, 1.82) is 0 Å². The van der Waals surface area contributed by atoms with E-state index in [2.05, 4.69) is 5.32 Å². The number of nitrogens with zero attached hydrogens (tertiary/aromatic N) is 1. The van der Waals surface area contributed by atoms with Crippen LogP contribution in [0.2, 0.25) is 0 Å². The molecule has 0 saturated carbocycles. The van der Waals surface area contributed by atoms with Crippen molar-refractivity contribution in [1.82, 2.24) is 5.32 Å². The molecule has 1 saturated heterocycles. The third kappa shape index (κ3) is 7.18. The van der Waals surface area contributed by atoms with Crippen molar-refractivity contribution in [3.05, 3.63) is 83.4 Å². The van der Waals surface area contributed by atoms with Gasteiger partial charge in [0.15, 0.2) is 11.6 Å². The monoisotopic (exact) mass is 576 g/mol. The normalized spacial score (nSPS) is 17.5. The quantitative estimate of drug-likeness (QED) is 0.233. The number of hydrogen-bond donors (Lipinski definition) is 2. The van der Waals surface area contributed by atoms with Crippen LogP contribution in [0.4, 0.5) is 23.2 Å². The summed E-state index contributed by atoms with van der Waals surface area (Å²) >= 11 is 0. The van der Waals surface area contributed by atoms with Crippen LogP contribution in [0, 0.1) is 11.6 Å². The van der Waals surface area contributed by atoms with Crippen molar-refractivity contribution in [2.24, 2.45) is 0 Å². The molecule has 0 spiro atoms. The minimum absolute atomic E-state index is 0.0276. The lowest BCUT2D eigenvalue weighted by atomic mass is 9.82. The Morgan fingerprint density at radius 2 is 1.76 bits per heavy atom. The highest BCUT2D eigenvalue weighted by molar-refractivity contribution is 5.97. The molecule has 0 aliphatic carbocycles. The average molecular weight is 577 g/mol. The van der Waals surface area contributed by atoms with Gasteiger partial charge in [-0.05, 0) is 42.2 Å². The second-order valence-corrected chi connectivity index (χ2v) is 9.49. The van der Waals surface area contributed by atoms with Gasteiger partial charge in [-0.3, -0.25) is 0 Å². The van der Waals surface area contributed by atoms with E-state index in [1.807, 2.05) is 44.2 Å². The largest absolute Gasteiger partial charge is 0.494 e. The van der Waals surface area contributed by atoms with E-state index in [1.54, 1.807) is 11.0 Å². The first-order chi connectivity index (χ1) is 19.7. The van der Waals surface area contributed by atoms with Gasteiger partial charge in [0.25, 0.3) is 6.43 Å². The van der Waals surface area contributed by atoms with Gasteiger partial charge < -0.3 is 24.8 Å². The third-order valence-corrected chi connectivity index (χ3v) is 7.11. The Morgan fingerprint density at radius 1 is 1.05 bits per heavy atom. The summed E-state index contributed by atoms with van der Waals surface area (Å²) in [7, 11) is 2.41. The molecule has 1 aliphatic rings. The van der Waals surface area contributed by atoms with E-state index in [9.17, 15) is 27.5 Å². The van der Waals surface area contributed by atoms with Gasteiger partial charge in [-0.2, -0.15) is 0 Å². The van der Waals surface area contributed by atoms with Crippen molar-refractivity contribution in [3.8, 4) is 16.9 Å². The van der Waals surface area contributed by atoms with Crippen LogP contribution in [0.5, 0.6) is 5.75 Å². The number of rotatable bonds is 9. The highest BCUT2D eigenvalue weighted by Gasteiger charge is 2.46. The van der Waals surface area contributed by atoms with Gasteiger partial charge >= 0.3 is 5.97 Å². The number of anilines is 1. The summed E-state index contributed by atoms with van der Waals surface area (Å²) in [6.45, 7) is 4.64. The Morgan fingerprint density at radius 3 is 2.39 bits per heavy atom.